The Labute approximate surface area is 121 Å². The Kier molecular flexibility index (Phi) is 11.8. The molecule has 2 heteroatoms. The molecule has 0 radical (unpaired) electrons. The number of rotatable bonds is 1. The van der Waals surface area contributed by atoms with Gasteiger partial charge in [0.15, 0.2) is 0 Å². The van der Waals surface area contributed by atoms with Gasteiger partial charge in [-0.05, 0) is 13.8 Å². The smallest absolute Gasteiger partial charge is 0.0359 e. The van der Waals surface area contributed by atoms with Gasteiger partial charge >= 0.3 is 0 Å². The van der Waals surface area contributed by atoms with Crippen molar-refractivity contribution in [3.63, 3.8) is 0 Å². The van der Waals surface area contributed by atoms with Crippen molar-refractivity contribution in [1.29, 1.82) is 0 Å². The maximum Gasteiger partial charge on any atom is 0.0359 e. The fraction of sp³-hybridized carbons (Fsp3) is 0.250. The molecule has 2 aromatic rings. The van der Waals surface area contributed by atoms with Crippen molar-refractivity contribution in [1.82, 2.24) is 0 Å². The highest BCUT2D eigenvalue weighted by Crippen LogP contribution is 1.92. The lowest BCUT2D eigenvalue weighted by Crippen LogP contribution is -1.63. The summed E-state index contributed by atoms with van der Waals surface area (Å²) in [5.41, 5.74) is 2.64. The first kappa shape index (κ1) is 17.0. The van der Waals surface area contributed by atoms with Gasteiger partial charge in [-0.2, -0.15) is 0 Å². The van der Waals surface area contributed by atoms with Gasteiger partial charge in [-0.25, -0.2) is 0 Å². The summed E-state index contributed by atoms with van der Waals surface area (Å²) in [6, 6.07) is 20.5. The molecule has 0 heterocycles. The van der Waals surface area contributed by atoms with Gasteiger partial charge in [-0.1, -0.05) is 71.8 Å². The highest BCUT2D eigenvalue weighted by Gasteiger charge is 1.72. The van der Waals surface area contributed by atoms with E-state index in [-0.39, 0.29) is 0 Å². The van der Waals surface area contributed by atoms with Crippen LogP contribution in [0.4, 0.5) is 0 Å². The molecular formula is C16H20Cl2. The summed E-state index contributed by atoms with van der Waals surface area (Å²) in [4.78, 5) is 0. The summed E-state index contributed by atoms with van der Waals surface area (Å²) >= 11 is 10.1. The third-order valence-corrected chi connectivity index (χ3v) is 2.52. The summed E-state index contributed by atoms with van der Waals surface area (Å²) in [5.74, 6) is 1.11. The SMILES string of the molecule is Cc1ccccc1.Cc1ccccc1.ClCCCl. The molecule has 0 aliphatic rings. The molecule has 0 nitrogen and oxygen atoms in total. The average Bonchev–Trinajstić information content (AvgIpc) is 2.41. The van der Waals surface area contributed by atoms with Gasteiger partial charge in [0.2, 0.25) is 0 Å². The molecule has 2 aromatic carbocycles. The zero-order chi connectivity index (χ0) is 13.6. The normalized spacial score (nSPS) is 8.44. The summed E-state index contributed by atoms with van der Waals surface area (Å²) < 4.78 is 0. The van der Waals surface area contributed by atoms with Gasteiger partial charge < -0.3 is 0 Å². The minimum atomic E-state index is 0.557. The second-order valence-corrected chi connectivity index (χ2v) is 4.44. The number of alkyl halides is 2. The Bertz CT molecular complexity index is 331. The molecule has 0 fully saturated rings. The zero-order valence-electron chi connectivity index (χ0n) is 10.9. The van der Waals surface area contributed by atoms with Crippen molar-refractivity contribution in [3.05, 3.63) is 71.8 Å². The maximum atomic E-state index is 5.05. The minimum Gasteiger partial charge on any atom is -0.125 e. The summed E-state index contributed by atoms with van der Waals surface area (Å²) in [5, 5.41) is 0. The monoisotopic (exact) mass is 282 g/mol. The Morgan fingerprint density at radius 2 is 0.889 bits per heavy atom. The van der Waals surface area contributed by atoms with E-state index in [0.29, 0.717) is 11.8 Å². The van der Waals surface area contributed by atoms with E-state index in [4.69, 9.17) is 23.2 Å². The molecule has 2 rings (SSSR count). The topological polar surface area (TPSA) is 0 Å². The largest absolute Gasteiger partial charge is 0.125 e. The van der Waals surface area contributed by atoms with Gasteiger partial charge in [0.05, 0.1) is 0 Å². The van der Waals surface area contributed by atoms with E-state index in [9.17, 15) is 0 Å². The van der Waals surface area contributed by atoms with Crippen LogP contribution in [-0.2, 0) is 0 Å². The van der Waals surface area contributed by atoms with Crippen LogP contribution in [0.5, 0.6) is 0 Å². The van der Waals surface area contributed by atoms with Gasteiger partial charge in [-0.15, -0.1) is 23.2 Å². The third-order valence-electron chi connectivity index (χ3n) is 1.95. The number of hydrogen-bond acceptors (Lipinski definition) is 0. The first-order valence-electron chi connectivity index (χ1n) is 5.86. The summed E-state index contributed by atoms with van der Waals surface area (Å²) in [7, 11) is 0. The molecule has 0 aliphatic carbocycles. The van der Waals surface area contributed by atoms with Crippen molar-refractivity contribution < 1.29 is 0 Å². The second kappa shape index (κ2) is 12.5. The standard InChI is InChI=1S/2C7H8.C2H4Cl2/c2*1-7-5-3-2-4-6-7;3-1-2-4/h2*2-6H,1H3;1-2H2. The van der Waals surface area contributed by atoms with Crippen LogP contribution >= 0.6 is 23.2 Å². The van der Waals surface area contributed by atoms with Crippen molar-refractivity contribution >= 4 is 23.2 Å². The van der Waals surface area contributed by atoms with Crippen LogP contribution in [0, 0.1) is 13.8 Å². The summed E-state index contributed by atoms with van der Waals surface area (Å²) in [6.07, 6.45) is 0. The van der Waals surface area contributed by atoms with E-state index >= 15 is 0 Å². The van der Waals surface area contributed by atoms with E-state index in [1.54, 1.807) is 0 Å². The van der Waals surface area contributed by atoms with E-state index < -0.39 is 0 Å². The molecule has 98 valence electrons. The number of halogens is 2. The van der Waals surface area contributed by atoms with Crippen LogP contribution in [0.3, 0.4) is 0 Å². The molecule has 0 N–H and O–H groups in total. The average molecular weight is 283 g/mol. The zero-order valence-corrected chi connectivity index (χ0v) is 12.5. The molecule has 0 aliphatic heterocycles. The predicted octanol–water partition coefficient (Wildman–Crippen LogP) is 5.45. The van der Waals surface area contributed by atoms with Crippen LogP contribution < -0.4 is 0 Å². The maximum absolute atomic E-state index is 5.05. The molecule has 0 aromatic heterocycles. The van der Waals surface area contributed by atoms with E-state index in [1.165, 1.54) is 11.1 Å². The van der Waals surface area contributed by atoms with Gasteiger partial charge in [0.1, 0.15) is 0 Å². The molecule has 0 saturated heterocycles. The van der Waals surface area contributed by atoms with Crippen LogP contribution in [0.25, 0.3) is 0 Å². The van der Waals surface area contributed by atoms with Crippen molar-refractivity contribution in [2.24, 2.45) is 0 Å². The highest BCUT2D eigenvalue weighted by molar-refractivity contribution is 6.25. The van der Waals surface area contributed by atoms with E-state index in [0.717, 1.165) is 0 Å². The fourth-order valence-corrected chi connectivity index (χ4v) is 1.07. The number of benzene rings is 2. The quantitative estimate of drug-likeness (QED) is 0.610. The fourth-order valence-electron chi connectivity index (χ4n) is 1.07. The minimum absolute atomic E-state index is 0.557. The van der Waals surface area contributed by atoms with E-state index in [2.05, 4.69) is 38.1 Å². The third kappa shape index (κ3) is 11.5. The first-order valence-corrected chi connectivity index (χ1v) is 6.92. The molecule has 0 spiro atoms. The van der Waals surface area contributed by atoms with Crippen LogP contribution in [0.2, 0.25) is 0 Å². The van der Waals surface area contributed by atoms with Crippen LogP contribution in [0.15, 0.2) is 60.7 Å². The van der Waals surface area contributed by atoms with Gasteiger partial charge in [-0.3, -0.25) is 0 Å². The van der Waals surface area contributed by atoms with Crippen LogP contribution in [0.1, 0.15) is 11.1 Å². The Morgan fingerprint density at radius 3 is 1.00 bits per heavy atom. The lowest BCUT2D eigenvalue weighted by molar-refractivity contribution is 1.48. The number of hydrogen-bond donors (Lipinski definition) is 0. The molecule has 0 bridgehead atoms. The molecule has 18 heavy (non-hydrogen) atoms. The van der Waals surface area contributed by atoms with Gasteiger partial charge in [0, 0.05) is 11.8 Å². The van der Waals surface area contributed by atoms with Gasteiger partial charge in [0.25, 0.3) is 0 Å². The molecular weight excluding hydrogens is 263 g/mol. The predicted molar refractivity (Wildman–Crippen MR) is 83.8 cm³/mol. The first-order chi connectivity index (χ1) is 8.70. The molecule has 0 unspecified atom stereocenters. The van der Waals surface area contributed by atoms with E-state index in [1.807, 2.05) is 36.4 Å². The number of aryl methyl sites for hydroxylation is 2. The molecule has 0 amide bonds. The summed E-state index contributed by atoms with van der Waals surface area (Å²) in [6.45, 7) is 4.17. The van der Waals surface area contributed by atoms with Crippen molar-refractivity contribution in [3.8, 4) is 0 Å². The lowest BCUT2D eigenvalue weighted by Gasteiger charge is -1.82. The Hall–Kier alpha value is -0.980. The van der Waals surface area contributed by atoms with Crippen molar-refractivity contribution in [2.75, 3.05) is 11.8 Å². The molecule has 0 atom stereocenters. The Balaban J connectivity index is 0.000000253. The molecule has 0 saturated carbocycles. The second-order valence-electron chi connectivity index (χ2n) is 3.69. The van der Waals surface area contributed by atoms with Crippen molar-refractivity contribution in [2.45, 2.75) is 13.8 Å². The van der Waals surface area contributed by atoms with Crippen LogP contribution in [-0.4, -0.2) is 11.8 Å². The Morgan fingerprint density at radius 1 is 0.611 bits per heavy atom. The lowest BCUT2D eigenvalue weighted by atomic mass is 10.2. The highest BCUT2D eigenvalue weighted by atomic mass is 35.5.